The van der Waals surface area contributed by atoms with Crippen molar-refractivity contribution in [3.05, 3.63) is 48.3 Å². The Morgan fingerprint density at radius 2 is 1.93 bits per heavy atom. The highest BCUT2D eigenvalue weighted by atomic mass is 19.4. The average molecular weight is 375 g/mol. The first kappa shape index (κ1) is 17.0. The first-order valence-corrected chi connectivity index (χ1v) is 7.75. The highest BCUT2D eigenvalue weighted by Crippen LogP contribution is 2.33. The molecule has 0 amide bonds. The molecule has 0 spiro atoms. The van der Waals surface area contributed by atoms with Crippen LogP contribution in [0.4, 0.5) is 13.2 Å². The third-order valence-corrected chi connectivity index (χ3v) is 3.97. The van der Waals surface area contributed by atoms with E-state index in [0.717, 1.165) is 12.3 Å². The zero-order valence-electron chi connectivity index (χ0n) is 14.2. The lowest BCUT2D eigenvalue weighted by Gasteiger charge is -2.09. The number of alkyl halides is 3. The maximum absolute atomic E-state index is 13.0. The molecule has 7 nitrogen and oxygen atoms in total. The fourth-order valence-electron chi connectivity index (χ4n) is 2.67. The second kappa shape index (κ2) is 6.08. The summed E-state index contributed by atoms with van der Waals surface area (Å²) in [5.41, 5.74) is 0.390. The van der Waals surface area contributed by atoms with Gasteiger partial charge >= 0.3 is 6.18 Å². The number of rotatable bonds is 3. The van der Waals surface area contributed by atoms with E-state index in [1.165, 1.54) is 19.7 Å². The van der Waals surface area contributed by atoms with Crippen LogP contribution in [0.3, 0.4) is 0 Å². The number of pyridine rings is 2. The molecule has 0 aliphatic heterocycles. The molecule has 0 fully saturated rings. The van der Waals surface area contributed by atoms with Gasteiger partial charge in [-0.15, -0.1) is 0 Å². The van der Waals surface area contributed by atoms with Crippen LogP contribution in [0.25, 0.3) is 28.4 Å². The van der Waals surface area contributed by atoms with Gasteiger partial charge in [0.1, 0.15) is 17.0 Å². The fourth-order valence-corrected chi connectivity index (χ4v) is 2.67. The molecule has 0 aliphatic carbocycles. The van der Waals surface area contributed by atoms with Crippen LogP contribution in [0.1, 0.15) is 11.3 Å². The van der Waals surface area contributed by atoms with Crippen molar-refractivity contribution in [3.63, 3.8) is 0 Å². The predicted octanol–water partition coefficient (Wildman–Crippen LogP) is 3.81. The third-order valence-electron chi connectivity index (χ3n) is 3.97. The van der Waals surface area contributed by atoms with Crippen molar-refractivity contribution >= 4 is 11.2 Å². The summed E-state index contributed by atoms with van der Waals surface area (Å²) >= 11 is 0. The van der Waals surface area contributed by atoms with Crippen LogP contribution in [0.2, 0.25) is 0 Å². The maximum atomic E-state index is 13.0. The molecule has 0 bridgehead atoms. The Morgan fingerprint density at radius 1 is 1.11 bits per heavy atom. The minimum Gasteiger partial charge on any atom is -0.481 e. The molecule has 0 atom stereocenters. The number of oxazole rings is 1. The number of aromatic nitrogens is 5. The van der Waals surface area contributed by atoms with Crippen LogP contribution >= 0.6 is 0 Å². The van der Waals surface area contributed by atoms with Gasteiger partial charge in [0.2, 0.25) is 5.88 Å². The molecule has 10 heteroatoms. The molecule has 0 aromatic carbocycles. The van der Waals surface area contributed by atoms with Crippen molar-refractivity contribution in [2.45, 2.75) is 13.1 Å². The molecule has 0 saturated carbocycles. The Bertz CT molecular complexity index is 1120. The molecule has 138 valence electrons. The number of methoxy groups -OCH3 is 1. The molecule has 4 rings (SSSR count). The number of halogens is 3. The Morgan fingerprint density at radius 3 is 2.52 bits per heavy atom. The number of hydrogen-bond donors (Lipinski definition) is 0. The summed E-state index contributed by atoms with van der Waals surface area (Å²) in [5.74, 6) is 1.17. The smallest absolute Gasteiger partial charge is 0.417 e. The Balaban J connectivity index is 2.00. The van der Waals surface area contributed by atoms with Crippen LogP contribution < -0.4 is 4.74 Å². The van der Waals surface area contributed by atoms with Gasteiger partial charge in [0.15, 0.2) is 17.9 Å². The molecule has 0 N–H and O–H groups in total. The SMILES string of the molecule is COc1ccc(-n2c(-c3ncoc3C)nc3cc(C(F)(F)F)cnc32)cn1. The molecular weight excluding hydrogens is 363 g/mol. The fraction of sp³-hybridized carbons (Fsp3) is 0.176. The number of nitrogens with zero attached hydrogens (tertiary/aromatic N) is 5. The molecule has 0 saturated heterocycles. The van der Waals surface area contributed by atoms with E-state index in [2.05, 4.69) is 19.9 Å². The van der Waals surface area contributed by atoms with Gasteiger partial charge in [0.05, 0.1) is 24.6 Å². The first-order valence-electron chi connectivity index (χ1n) is 7.75. The molecule has 0 aliphatic rings. The summed E-state index contributed by atoms with van der Waals surface area (Å²) in [7, 11) is 1.49. The topological polar surface area (TPSA) is 78.9 Å². The molecule has 0 unspecified atom stereocenters. The molecule has 4 heterocycles. The van der Waals surface area contributed by atoms with Gasteiger partial charge in [-0.3, -0.25) is 4.57 Å². The average Bonchev–Trinajstić information content (AvgIpc) is 3.23. The lowest BCUT2D eigenvalue weighted by Crippen LogP contribution is -2.06. The lowest BCUT2D eigenvalue weighted by molar-refractivity contribution is -0.137. The number of aryl methyl sites for hydroxylation is 1. The van der Waals surface area contributed by atoms with Gasteiger partial charge in [0.25, 0.3) is 0 Å². The highest BCUT2D eigenvalue weighted by molar-refractivity contribution is 5.80. The molecule has 4 aromatic rings. The summed E-state index contributed by atoms with van der Waals surface area (Å²) in [6.07, 6.45) is -0.985. The van der Waals surface area contributed by atoms with E-state index in [0.29, 0.717) is 28.8 Å². The third kappa shape index (κ3) is 2.88. The lowest BCUT2D eigenvalue weighted by atomic mass is 10.2. The monoisotopic (exact) mass is 375 g/mol. The number of hydrogen-bond acceptors (Lipinski definition) is 6. The van der Waals surface area contributed by atoms with Gasteiger partial charge in [0, 0.05) is 12.3 Å². The van der Waals surface area contributed by atoms with Crippen molar-refractivity contribution in [2.75, 3.05) is 7.11 Å². The summed E-state index contributed by atoms with van der Waals surface area (Å²) < 4.78 is 51.0. The molecule has 27 heavy (non-hydrogen) atoms. The number of ether oxygens (including phenoxy) is 1. The summed E-state index contributed by atoms with van der Waals surface area (Å²) in [4.78, 5) is 16.6. The highest BCUT2D eigenvalue weighted by Gasteiger charge is 2.32. The van der Waals surface area contributed by atoms with Gasteiger partial charge in [-0.2, -0.15) is 13.2 Å². The van der Waals surface area contributed by atoms with Crippen LogP contribution in [0.15, 0.2) is 41.4 Å². The van der Waals surface area contributed by atoms with Crippen LogP contribution in [0, 0.1) is 6.92 Å². The van der Waals surface area contributed by atoms with Gasteiger partial charge in [-0.1, -0.05) is 0 Å². The second-order valence-electron chi connectivity index (χ2n) is 5.65. The van der Waals surface area contributed by atoms with E-state index >= 15 is 0 Å². The normalized spacial score (nSPS) is 11.9. The van der Waals surface area contributed by atoms with Gasteiger partial charge in [-0.05, 0) is 19.1 Å². The van der Waals surface area contributed by atoms with E-state index in [1.807, 2.05) is 0 Å². The van der Waals surface area contributed by atoms with Gasteiger partial charge in [-0.25, -0.2) is 19.9 Å². The zero-order chi connectivity index (χ0) is 19.2. The first-order chi connectivity index (χ1) is 12.9. The zero-order valence-corrected chi connectivity index (χ0v) is 14.2. The number of fused-ring (bicyclic) bond motifs is 1. The van der Waals surface area contributed by atoms with E-state index in [4.69, 9.17) is 9.15 Å². The van der Waals surface area contributed by atoms with Crippen LogP contribution in [0.5, 0.6) is 5.88 Å². The number of imidazole rings is 1. The van der Waals surface area contributed by atoms with Gasteiger partial charge < -0.3 is 9.15 Å². The van der Waals surface area contributed by atoms with E-state index < -0.39 is 11.7 Å². The van der Waals surface area contributed by atoms with Crippen molar-refractivity contribution in [1.82, 2.24) is 24.5 Å². The Labute approximate surface area is 150 Å². The second-order valence-corrected chi connectivity index (χ2v) is 5.65. The summed E-state index contributed by atoms with van der Waals surface area (Å²) in [6, 6.07) is 4.28. The van der Waals surface area contributed by atoms with E-state index in [-0.39, 0.29) is 11.2 Å². The molecule has 0 radical (unpaired) electrons. The molecular formula is C17H12F3N5O2. The minimum atomic E-state index is -4.52. The Hall–Kier alpha value is -3.43. The van der Waals surface area contributed by atoms with Crippen molar-refractivity contribution in [1.29, 1.82) is 0 Å². The van der Waals surface area contributed by atoms with Crippen LogP contribution in [-0.4, -0.2) is 31.6 Å². The largest absolute Gasteiger partial charge is 0.481 e. The summed E-state index contributed by atoms with van der Waals surface area (Å²) in [6.45, 7) is 1.69. The van der Waals surface area contributed by atoms with E-state index in [9.17, 15) is 13.2 Å². The maximum Gasteiger partial charge on any atom is 0.417 e. The minimum absolute atomic E-state index is 0.0815. The molecule has 4 aromatic heterocycles. The van der Waals surface area contributed by atoms with Crippen molar-refractivity contribution in [3.8, 4) is 23.1 Å². The standard InChI is InChI=1S/C17H12F3N5O2/c1-9-14(23-8-27-9)16-24-12-5-10(17(18,19)20)6-22-15(12)25(16)11-3-4-13(26-2)21-7-11/h3-8H,1-2H3. The predicted molar refractivity (Wildman–Crippen MR) is 88.4 cm³/mol. The van der Waals surface area contributed by atoms with E-state index in [1.54, 1.807) is 23.6 Å². The van der Waals surface area contributed by atoms with Crippen molar-refractivity contribution in [2.24, 2.45) is 0 Å². The quantitative estimate of drug-likeness (QED) is 0.542. The van der Waals surface area contributed by atoms with Crippen molar-refractivity contribution < 1.29 is 22.3 Å². The Kier molecular flexibility index (Phi) is 3.83. The summed E-state index contributed by atoms with van der Waals surface area (Å²) in [5, 5.41) is 0. The van der Waals surface area contributed by atoms with Crippen LogP contribution in [-0.2, 0) is 6.18 Å².